The summed E-state index contributed by atoms with van der Waals surface area (Å²) in [6, 6.07) is 20.7. The van der Waals surface area contributed by atoms with Crippen molar-refractivity contribution in [3.05, 3.63) is 106 Å². The zero-order valence-corrected chi connectivity index (χ0v) is 14.8. The Morgan fingerprint density at radius 3 is 2.71 bits per heavy atom. The lowest BCUT2D eigenvalue weighted by Gasteiger charge is -2.06. The number of fused-ring (bicyclic) bond motifs is 1. The Morgan fingerprint density at radius 2 is 1.89 bits per heavy atom. The highest BCUT2D eigenvalue weighted by molar-refractivity contribution is 5.90. The normalized spacial score (nSPS) is 11.3. The zero-order chi connectivity index (χ0) is 19.5. The molecule has 0 N–H and O–H groups in total. The van der Waals surface area contributed by atoms with Gasteiger partial charge >= 0.3 is 0 Å². The van der Waals surface area contributed by atoms with Crippen LogP contribution in [0.15, 0.2) is 84.0 Å². The molecule has 0 saturated heterocycles. The number of nitro groups is 1. The number of nitro benzene ring substituents is 1. The van der Waals surface area contributed by atoms with Gasteiger partial charge in [-0.05, 0) is 47.5 Å². The molecule has 6 heteroatoms. The van der Waals surface area contributed by atoms with Crippen molar-refractivity contribution in [3.63, 3.8) is 0 Å². The summed E-state index contributed by atoms with van der Waals surface area (Å²) in [4.78, 5) is 14.8. The minimum atomic E-state index is -0.438. The van der Waals surface area contributed by atoms with Crippen LogP contribution in [0.2, 0.25) is 0 Å². The van der Waals surface area contributed by atoms with Crippen LogP contribution in [0, 0.1) is 15.9 Å². The van der Waals surface area contributed by atoms with Crippen molar-refractivity contribution in [1.29, 1.82) is 0 Å². The van der Waals surface area contributed by atoms with Crippen LogP contribution in [0.25, 0.3) is 10.9 Å². The highest BCUT2D eigenvalue weighted by Gasteiger charge is 2.05. The van der Waals surface area contributed by atoms with Crippen molar-refractivity contribution in [2.75, 3.05) is 0 Å². The van der Waals surface area contributed by atoms with Gasteiger partial charge < -0.3 is 4.57 Å². The summed E-state index contributed by atoms with van der Waals surface area (Å²) in [7, 11) is 0. The summed E-state index contributed by atoms with van der Waals surface area (Å²) in [5.41, 5.74) is 3.37. The lowest BCUT2D eigenvalue weighted by Crippen LogP contribution is -1.98. The van der Waals surface area contributed by atoms with Crippen LogP contribution in [0.4, 0.5) is 15.8 Å². The van der Waals surface area contributed by atoms with Gasteiger partial charge in [-0.2, -0.15) is 0 Å². The Kier molecular flexibility index (Phi) is 4.68. The van der Waals surface area contributed by atoms with Gasteiger partial charge in [0.15, 0.2) is 0 Å². The monoisotopic (exact) mass is 373 g/mol. The Balaban J connectivity index is 1.57. The van der Waals surface area contributed by atoms with E-state index in [0.717, 1.165) is 22.0 Å². The molecule has 3 aromatic carbocycles. The average molecular weight is 373 g/mol. The first kappa shape index (κ1) is 17.6. The second-order valence-corrected chi connectivity index (χ2v) is 6.43. The van der Waals surface area contributed by atoms with Gasteiger partial charge in [0, 0.05) is 42.0 Å². The molecule has 0 fully saturated rings. The zero-order valence-electron chi connectivity index (χ0n) is 14.8. The number of hydrogen-bond donors (Lipinski definition) is 0. The van der Waals surface area contributed by atoms with Gasteiger partial charge in [0.2, 0.25) is 0 Å². The second-order valence-electron chi connectivity index (χ2n) is 6.43. The second kappa shape index (κ2) is 7.44. The number of rotatable bonds is 5. The summed E-state index contributed by atoms with van der Waals surface area (Å²) in [5.74, 6) is -0.242. The molecule has 0 saturated carbocycles. The molecule has 0 unspecified atom stereocenters. The van der Waals surface area contributed by atoms with E-state index in [1.54, 1.807) is 24.4 Å². The molecule has 28 heavy (non-hydrogen) atoms. The van der Waals surface area contributed by atoms with E-state index < -0.39 is 4.92 Å². The smallest absolute Gasteiger partial charge is 0.271 e. The summed E-state index contributed by atoms with van der Waals surface area (Å²) in [6.45, 7) is 0.586. The van der Waals surface area contributed by atoms with E-state index in [4.69, 9.17) is 0 Å². The van der Waals surface area contributed by atoms with Crippen LogP contribution < -0.4 is 0 Å². The molecule has 1 aromatic heterocycles. The minimum absolute atomic E-state index is 0.0135. The van der Waals surface area contributed by atoms with Gasteiger partial charge in [-0.15, -0.1) is 0 Å². The van der Waals surface area contributed by atoms with Gasteiger partial charge in [0.25, 0.3) is 5.69 Å². The number of non-ortho nitro benzene ring substituents is 1. The van der Waals surface area contributed by atoms with E-state index in [2.05, 4.69) is 9.56 Å². The van der Waals surface area contributed by atoms with Crippen LogP contribution in [-0.2, 0) is 6.54 Å². The highest BCUT2D eigenvalue weighted by Crippen LogP contribution is 2.21. The number of aromatic nitrogens is 1. The molecule has 0 aliphatic heterocycles. The molecule has 0 radical (unpaired) electrons. The van der Waals surface area contributed by atoms with Crippen molar-refractivity contribution in [3.8, 4) is 0 Å². The first-order chi connectivity index (χ1) is 13.6. The van der Waals surface area contributed by atoms with E-state index in [1.165, 1.54) is 24.3 Å². The lowest BCUT2D eigenvalue weighted by atomic mass is 10.1. The van der Waals surface area contributed by atoms with Gasteiger partial charge in [0.1, 0.15) is 5.82 Å². The van der Waals surface area contributed by atoms with Crippen molar-refractivity contribution >= 4 is 28.5 Å². The fourth-order valence-corrected chi connectivity index (χ4v) is 3.10. The Morgan fingerprint density at radius 1 is 1.04 bits per heavy atom. The molecular formula is C22H16FN3O2. The maximum Gasteiger partial charge on any atom is 0.271 e. The predicted octanol–water partition coefficient (Wildman–Crippen LogP) is 5.49. The topological polar surface area (TPSA) is 60.4 Å². The number of hydrogen-bond acceptors (Lipinski definition) is 3. The molecule has 5 nitrogen and oxygen atoms in total. The van der Waals surface area contributed by atoms with E-state index >= 15 is 0 Å². The van der Waals surface area contributed by atoms with E-state index in [1.807, 2.05) is 36.5 Å². The van der Waals surface area contributed by atoms with Crippen LogP contribution in [-0.4, -0.2) is 15.7 Å². The molecule has 0 amide bonds. The van der Waals surface area contributed by atoms with Crippen molar-refractivity contribution in [1.82, 2.24) is 4.57 Å². The largest absolute Gasteiger partial charge is 0.343 e. The summed E-state index contributed by atoms with van der Waals surface area (Å²) in [5, 5.41) is 11.9. The SMILES string of the molecule is O=[N+]([O-])c1cccc(N=Cc2ccc3c(ccn3Cc3cccc(F)c3)c2)c1. The van der Waals surface area contributed by atoms with Crippen LogP contribution >= 0.6 is 0 Å². The molecule has 0 bridgehead atoms. The summed E-state index contributed by atoms with van der Waals surface area (Å²) < 4.78 is 15.5. The molecule has 0 aliphatic carbocycles. The minimum Gasteiger partial charge on any atom is -0.343 e. The van der Waals surface area contributed by atoms with Gasteiger partial charge in [-0.25, -0.2) is 4.39 Å². The molecule has 138 valence electrons. The van der Waals surface area contributed by atoms with Gasteiger partial charge in [0.05, 0.1) is 10.6 Å². The summed E-state index contributed by atoms with van der Waals surface area (Å²) in [6.07, 6.45) is 3.65. The number of nitrogens with zero attached hydrogens (tertiary/aromatic N) is 3. The van der Waals surface area contributed by atoms with Crippen molar-refractivity contribution in [2.24, 2.45) is 4.99 Å². The highest BCUT2D eigenvalue weighted by atomic mass is 19.1. The first-order valence-electron chi connectivity index (χ1n) is 8.70. The molecule has 0 aliphatic rings. The maximum absolute atomic E-state index is 13.4. The number of benzene rings is 3. The third-order valence-electron chi connectivity index (χ3n) is 4.44. The number of aliphatic imine (C=N–C) groups is 1. The van der Waals surface area contributed by atoms with Crippen molar-refractivity contribution in [2.45, 2.75) is 6.54 Å². The summed E-state index contributed by atoms with van der Waals surface area (Å²) >= 11 is 0. The lowest BCUT2D eigenvalue weighted by molar-refractivity contribution is -0.384. The van der Waals surface area contributed by atoms with Crippen LogP contribution in [0.5, 0.6) is 0 Å². The third kappa shape index (κ3) is 3.81. The van der Waals surface area contributed by atoms with Crippen LogP contribution in [0.1, 0.15) is 11.1 Å². The molecular weight excluding hydrogens is 357 g/mol. The fourth-order valence-electron chi connectivity index (χ4n) is 3.10. The Bertz CT molecular complexity index is 1200. The van der Waals surface area contributed by atoms with E-state index in [9.17, 15) is 14.5 Å². The Hall–Kier alpha value is -3.80. The molecule has 0 spiro atoms. The van der Waals surface area contributed by atoms with Crippen LogP contribution in [0.3, 0.4) is 0 Å². The van der Waals surface area contributed by atoms with E-state index in [0.29, 0.717) is 12.2 Å². The molecule has 0 atom stereocenters. The van der Waals surface area contributed by atoms with E-state index in [-0.39, 0.29) is 11.5 Å². The molecule has 4 rings (SSSR count). The van der Waals surface area contributed by atoms with Crippen molar-refractivity contribution < 1.29 is 9.31 Å². The van der Waals surface area contributed by atoms with Gasteiger partial charge in [-0.3, -0.25) is 15.1 Å². The molecule has 1 heterocycles. The Labute approximate surface area is 160 Å². The maximum atomic E-state index is 13.4. The first-order valence-corrected chi connectivity index (χ1v) is 8.70. The third-order valence-corrected chi connectivity index (χ3v) is 4.44. The predicted molar refractivity (Wildman–Crippen MR) is 108 cm³/mol. The molecule has 4 aromatic rings. The quantitative estimate of drug-likeness (QED) is 0.264. The van der Waals surface area contributed by atoms with Gasteiger partial charge in [-0.1, -0.05) is 24.3 Å². The standard InChI is InChI=1S/C22H16FN3O2/c23-19-4-1-3-17(12-19)15-25-10-9-18-11-16(7-8-22(18)25)14-24-20-5-2-6-21(13-20)26(27)28/h1-14H,15H2. The fraction of sp³-hybridized carbons (Fsp3) is 0.0455. The average Bonchev–Trinajstić information content (AvgIpc) is 3.08. The number of halogens is 1.